The van der Waals surface area contributed by atoms with Crippen molar-refractivity contribution in [3.63, 3.8) is 0 Å². The molecule has 1 aliphatic rings. The van der Waals surface area contributed by atoms with E-state index in [1.54, 1.807) is 18.2 Å². The van der Waals surface area contributed by atoms with E-state index in [0.29, 0.717) is 29.3 Å². The minimum atomic E-state index is -0.462. The summed E-state index contributed by atoms with van der Waals surface area (Å²) in [4.78, 5) is 12.2. The fourth-order valence-electron chi connectivity index (χ4n) is 2.38. The molecule has 7 heteroatoms. The minimum Gasteiger partial charge on any atom is -0.494 e. The average molecular weight is 340 g/mol. The summed E-state index contributed by atoms with van der Waals surface area (Å²) in [7, 11) is 1.42. The highest BCUT2D eigenvalue weighted by Gasteiger charge is 2.23. The third kappa shape index (κ3) is 3.71. The largest absolute Gasteiger partial charge is 0.494 e. The van der Waals surface area contributed by atoms with Gasteiger partial charge in [0.2, 0.25) is 0 Å². The maximum Gasteiger partial charge on any atom is 0.271 e. The van der Waals surface area contributed by atoms with Crippen LogP contribution in [0.5, 0.6) is 5.75 Å². The Morgan fingerprint density at radius 2 is 2.13 bits per heavy atom. The van der Waals surface area contributed by atoms with Crippen molar-refractivity contribution in [3.05, 3.63) is 46.0 Å². The molecule has 1 heterocycles. The van der Waals surface area contributed by atoms with Crippen molar-refractivity contribution >= 4 is 12.4 Å². The van der Waals surface area contributed by atoms with Crippen molar-refractivity contribution in [2.45, 2.75) is 25.9 Å². The first-order chi connectivity index (χ1) is 10.6. The van der Waals surface area contributed by atoms with Crippen LogP contribution in [0.4, 0.5) is 4.39 Å². The summed E-state index contributed by atoms with van der Waals surface area (Å²) in [5.41, 5.74) is 7.12. The van der Waals surface area contributed by atoms with Crippen LogP contribution in [0, 0.1) is 11.7 Å². The van der Waals surface area contributed by atoms with Crippen LogP contribution in [-0.4, -0.2) is 16.9 Å². The molecule has 5 nitrogen and oxygen atoms in total. The second kappa shape index (κ2) is 7.10. The maximum atomic E-state index is 13.9. The van der Waals surface area contributed by atoms with Gasteiger partial charge < -0.3 is 10.5 Å². The van der Waals surface area contributed by atoms with Crippen molar-refractivity contribution in [2.75, 3.05) is 7.11 Å². The van der Waals surface area contributed by atoms with Gasteiger partial charge in [-0.15, -0.1) is 12.4 Å². The zero-order chi connectivity index (χ0) is 15.7. The van der Waals surface area contributed by atoms with Gasteiger partial charge in [-0.05, 0) is 43.0 Å². The first-order valence-electron chi connectivity index (χ1n) is 7.27. The van der Waals surface area contributed by atoms with Gasteiger partial charge in [0, 0.05) is 24.2 Å². The van der Waals surface area contributed by atoms with E-state index in [4.69, 9.17) is 10.5 Å². The molecule has 0 unspecified atom stereocenters. The summed E-state index contributed by atoms with van der Waals surface area (Å²) in [6, 6.07) is 6.25. The molecule has 3 rings (SSSR count). The number of nitrogens with two attached hydrogens (primary N) is 1. The van der Waals surface area contributed by atoms with E-state index in [2.05, 4.69) is 5.10 Å². The van der Waals surface area contributed by atoms with Crippen molar-refractivity contribution in [1.29, 1.82) is 0 Å². The second-order valence-corrected chi connectivity index (χ2v) is 5.54. The summed E-state index contributed by atoms with van der Waals surface area (Å²) >= 11 is 0. The van der Waals surface area contributed by atoms with Gasteiger partial charge in [0.25, 0.3) is 5.56 Å². The predicted octanol–water partition coefficient (Wildman–Crippen LogP) is 2.35. The van der Waals surface area contributed by atoms with Crippen molar-refractivity contribution in [1.82, 2.24) is 9.78 Å². The first-order valence-corrected chi connectivity index (χ1v) is 7.27. The Labute approximate surface area is 139 Å². The van der Waals surface area contributed by atoms with Gasteiger partial charge in [-0.2, -0.15) is 5.10 Å². The van der Waals surface area contributed by atoms with E-state index in [1.807, 2.05) is 0 Å². The van der Waals surface area contributed by atoms with Crippen LogP contribution in [0.1, 0.15) is 18.4 Å². The van der Waals surface area contributed by atoms with Crippen molar-refractivity contribution in [2.24, 2.45) is 11.7 Å². The molecule has 0 radical (unpaired) electrons. The third-order valence-corrected chi connectivity index (χ3v) is 3.84. The van der Waals surface area contributed by atoms with Gasteiger partial charge in [-0.25, -0.2) is 9.07 Å². The number of halogens is 2. The van der Waals surface area contributed by atoms with Crippen LogP contribution in [0.25, 0.3) is 11.3 Å². The van der Waals surface area contributed by atoms with Crippen LogP contribution in [-0.2, 0) is 13.1 Å². The van der Waals surface area contributed by atoms with Gasteiger partial charge in [0.15, 0.2) is 11.6 Å². The molecule has 2 N–H and O–H groups in total. The van der Waals surface area contributed by atoms with E-state index in [1.165, 1.54) is 17.9 Å². The molecule has 124 valence electrons. The molecule has 1 aromatic carbocycles. The Morgan fingerprint density at radius 1 is 1.39 bits per heavy atom. The lowest BCUT2D eigenvalue weighted by Crippen LogP contribution is -2.28. The smallest absolute Gasteiger partial charge is 0.271 e. The highest BCUT2D eigenvalue weighted by Crippen LogP contribution is 2.30. The molecule has 1 fully saturated rings. The number of hydrogen-bond donors (Lipinski definition) is 1. The lowest BCUT2D eigenvalue weighted by Gasteiger charge is -2.10. The summed E-state index contributed by atoms with van der Waals surface area (Å²) in [6.07, 6.45) is 2.24. The number of nitrogens with zero attached hydrogens (tertiary/aromatic N) is 2. The average Bonchev–Trinajstić information content (AvgIpc) is 3.33. The Kier molecular flexibility index (Phi) is 5.38. The number of aromatic nitrogens is 2. The number of rotatable bonds is 5. The van der Waals surface area contributed by atoms with Crippen LogP contribution < -0.4 is 16.0 Å². The number of benzene rings is 1. The fourth-order valence-corrected chi connectivity index (χ4v) is 2.38. The molecule has 0 saturated heterocycles. The van der Waals surface area contributed by atoms with E-state index in [0.717, 1.165) is 12.8 Å². The number of ether oxygens (including phenoxy) is 1. The van der Waals surface area contributed by atoms with Crippen molar-refractivity contribution in [3.8, 4) is 17.0 Å². The quantitative estimate of drug-likeness (QED) is 0.907. The van der Waals surface area contributed by atoms with E-state index in [9.17, 15) is 9.18 Å². The molecule has 0 bridgehead atoms. The Hall–Kier alpha value is -1.92. The molecule has 0 amide bonds. The van der Waals surface area contributed by atoms with E-state index < -0.39 is 5.82 Å². The zero-order valence-corrected chi connectivity index (χ0v) is 13.6. The van der Waals surface area contributed by atoms with E-state index >= 15 is 0 Å². The molecular formula is C16H19ClFN3O2. The second-order valence-electron chi connectivity index (χ2n) is 5.54. The highest BCUT2D eigenvalue weighted by molar-refractivity contribution is 5.85. The summed E-state index contributed by atoms with van der Waals surface area (Å²) in [6.45, 7) is 0.732. The van der Waals surface area contributed by atoms with Gasteiger partial charge in [-0.1, -0.05) is 0 Å². The topological polar surface area (TPSA) is 70.1 Å². The predicted molar refractivity (Wildman–Crippen MR) is 88.3 cm³/mol. The molecule has 0 atom stereocenters. The zero-order valence-electron chi connectivity index (χ0n) is 12.8. The lowest BCUT2D eigenvalue weighted by atomic mass is 10.1. The monoisotopic (exact) mass is 339 g/mol. The number of methoxy groups -OCH3 is 1. The summed E-state index contributed by atoms with van der Waals surface area (Å²) < 4.78 is 20.2. The first kappa shape index (κ1) is 17.4. The molecule has 23 heavy (non-hydrogen) atoms. The normalized spacial score (nSPS) is 13.5. The van der Waals surface area contributed by atoms with Crippen LogP contribution >= 0.6 is 12.4 Å². The lowest BCUT2D eigenvalue weighted by molar-refractivity contribution is 0.386. The SMILES string of the molecule is COc1ccc(-c2cc(CN)c(=O)n(CC3CC3)n2)cc1F.Cl. The van der Waals surface area contributed by atoms with Crippen LogP contribution in [0.2, 0.25) is 0 Å². The summed E-state index contributed by atoms with van der Waals surface area (Å²) in [5.74, 6) is 0.226. The van der Waals surface area contributed by atoms with Gasteiger partial charge in [0.05, 0.1) is 12.8 Å². The Morgan fingerprint density at radius 3 is 2.70 bits per heavy atom. The molecule has 1 aliphatic carbocycles. The van der Waals surface area contributed by atoms with Crippen molar-refractivity contribution < 1.29 is 9.13 Å². The molecular weight excluding hydrogens is 321 g/mol. The third-order valence-electron chi connectivity index (χ3n) is 3.84. The van der Waals surface area contributed by atoms with Gasteiger partial charge in [0.1, 0.15) is 0 Å². The molecule has 2 aromatic rings. The van der Waals surface area contributed by atoms with Gasteiger partial charge in [-0.3, -0.25) is 4.79 Å². The van der Waals surface area contributed by atoms with E-state index in [-0.39, 0.29) is 30.3 Å². The standard InChI is InChI=1S/C16H18FN3O2.ClH/c1-22-15-5-4-11(6-13(15)17)14-7-12(8-18)16(21)20(19-14)9-10-2-3-10;/h4-7,10H,2-3,8-9,18H2,1H3;1H. The Bertz CT molecular complexity index is 759. The molecule has 0 spiro atoms. The highest BCUT2D eigenvalue weighted by atomic mass is 35.5. The van der Waals surface area contributed by atoms with Crippen LogP contribution in [0.15, 0.2) is 29.1 Å². The fraction of sp³-hybridized carbons (Fsp3) is 0.375. The van der Waals surface area contributed by atoms with Gasteiger partial charge >= 0.3 is 0 Å². The molecule has 0 aliphatic heterocycles. The number of hydrogen-bond acceptors (Lipinski definition) is 4. The van der Waals surface area contributed by atoms with Crippen LogP contribution in [0.3, 0.4) is 0 Å². The molecule has 1 saturated carbocycles. The maximum absolute atomic E-state index is 13.9. The minimum absolute atomic E-state index is 0. The Balaban J connectivity index is 0.00000192. The molecule has 1 aromatic heterocycles. The summed E-state index contributed by atoms with van der Waals surface area (Å²) in [5, 5.41) is 4.37.